The van der Waals surface area contributed by atoms with Gasteiger partial charge in [-0.05, 0) is 24.3 Å². The van der Waals surface area contributed by atoms with Crippen LogP contribution in [-0.2, 0) is 14.3 Å². The number of methoxy groups -OCH3 is 2. The van der Waals surface area contributed by atoms with E-state index < -0.39 is 11.6 Å². The summed E-state index contributed by atoms with van der Waals surface area (Å²) in [4.78, 5) is 41.9. The van der Waals surface area contributed by atoms with E-state index in [1.165, 1.54) is 24.0 Å². The van der Waals surface area contributed by atoms with Crippen LogP contribution < -0.4 is 14.5 Å². The van der Waals surface area contributed by atoms with E-state index >= 15 is 0 Å². The lowest BCUT2D eigenvalue weighted by Crippen LogP contribution is -2.68. The highest BCUT2D eigenvalue weighted by molar-refractivity contribution is 6.22. The third-order valence-corrected chi connectivity index (χ3v) is 5.08. The summed E-state index contributed by atoms with van der Waals surface area (Å²) in [5, 5.41) is 0. The van der Waals surface area contributed by atoms with Crippen LogP contribution in [0.5, 0.6) is 5.75 Å². The number of amides is 2. The van der Waals surface area contributed by atoms with Crippen LogP contribution in [0.1, 0.15) is 23.2 Å². The fourth-order valence-corrected chi connectivity index (χ4v) is 3.92. The molecular formula is C20H18N2O5. The minimum Gasteiger partial charge on any atom is -0.497 e. The molecule has 0 radical (unpaired) electrons. The van der Waals surface area contributed by atoms with Crippen molar-refractivity contribution >= 4 is 29.2 Å². The maximum Gasteiger partial charge on any atom is 0.353 e. The van der Waals surface area contributed by atoms with Crippen LogP contribution in [0.4, 0.5) is 11.4 Å². The van der Waals surface area contributed by atoms with Gasteiger partial charge in [-0.1, -0.05) is 18.2 Å². The van der Waals surface area contributed by atoms with Gasteiger partial charge < -0.3 is 9.47 Å². The van der Waals surface area contributed by atoms with Crippen LogP contribution in [0.25, 0.3) is 0 Å². The molecule has 2 aromatic carbocycles. The monoisotopic (exact) mass is 366 g/mol. The molecule has 2 heterocycles. The van der Waals surface area contributed by atoms with E-state index in [-0.39, 0.29) is 24.7 Å². The molecule has 2 aliphatic heterocycles. The normalized spacial score (nSPS) is 21.0. The first-order valence-corrected chi connectivity index (χ1v) is 8.53. The highest BCUT2D eigenvalue weighted by atomic mass is 16.5. The van der Waals surface area contributed by atoms with Gasteiger partial charge in [-0.25, -0.2) is 4.79 Å². The van der Waals surface area contributed by atoms with Crippen LogP contribution in [0.3, 0.4) is 0 Å². The van der Waals surface area contributed by atoms with Gasteiger partial charge in [-0.15, -0.1) is 0 Å². The van der Waals surface area contributed by atoms with Gasteiger partial charge >= 0.3 is 5.97 Å². The fourth-order valence-electron chi connectivity index (χ4n) is 3.92. The molecule has 2 aliphatic rings. The fraction of sp³-hybridized carbons (Fsp3) is 0.250. The first-order chi connectivity index (χ1) is 13.0. The number of carbonyl (C=O) groups excluding carboxylic acids is 3. The topological polar surface area (TPSA) is 76.2 Å². The van der Waals surface area contributed by atoms with Crippen molar-refractivity contribution in [3.8, 4) is 5.75 Å². The Morgan fingerprint density at radius 3 is 2.56 bits per heavy atom. The zero-order valence-electron chi connectivity index (χ0n) is 15.0. The van der Waals surface area contributed by atoms with Crippen molar-refractivity contribution in [3.05, 3.63) is 54.1 Å². The zero-order chi connectivity index (χ0) is 19.2. The molecule has 0 saturated carbocycles. The predicted octanol–water partition coefficient (Wildman–Crippen LogP) is 2.35. The summed E-state index contributed by atoms with van der Waals surface area (Å²) in [5.74, 6) is -0.711. The number of esters is 1. The lowest BCUT2D eigenvalue weighted by molar-refractivity contribution is -0.147. The van der Waals surface area contributed by atoms with Crippen molar-refractivity contribution in [2.45, 2.75) is 18.5 Å². The summed E-state index contributed by atoms with van der Waals surface area (Å²) in [6.45, 7) is 0. The highest BCUT2D eigenvalue weighted by Crippen LogP contribution is 2.47. The second-order valence-electron chi connectivity index (χ2n) is 6.40. The van der Waals surface area contributed by atoms with E-state index in [9.17, 15) is 14.4 Å². The summed E-state index contributed by atoms with van der Waals surface area (Å²) < 4.78 is 10.3. The van der Waals surface area contributed by atoms with Crippen LogP contribution in [0.2, 0.25) is 0 Å². The van der Waals surface area contributed by atoms with E-state index in [1.807, 2.05) is 0 Å². The second-order valence-corrected chi connectivity index (χ2v) is 6.40. The number of rotatable bonds is 3. The van der Waals surface area contributed by atoms with Crippen molar-refractivity contribution in [3.63, 3.8) is 0 Å². The molecule has 0 aromatic heterocycles. The van der Waals surface area contributed by atoms with Crippen LogP contribution in [0, 0.1) is 0 Å². The molecule has 7 nitrogen and oxygen atoms in total. The summed E-state index contributed by atoms with van der Waals surface area (Å²) in [5.41, 5.74) is -0.313. The Morgan fingerprint density at radius 1 is 1.04 bits per heavy atom. The Labute approximate surface area is 156 Å². The molecule has 27 heavy (non-hydrogen) atoms. The average molecular weight is 366 g/mol. The summed E-state index contributed by atoms with van der Waals surface area (Å²) in [6, 6.07) is 13.6. The Balaban J connectivity index is 2.02. The van der Waals surface area contributed by atoms with Crippen LogP contribution in [-0.4, -0.2) is 37.7 Å². The van der Waals surface area contributed by atoms with E-state index in [1.54, 1.807) is 48.5 Å². The summed E-state index contributed by atoms with van der Waals surface area (Å²) in [7, 11) is 2.78. The molecule has 0 unspecified atom stereocenters. The van der Waals surface area contributed by atoms with Crippen molar-refractivity contribution in [2.75, 3.05) is 24.0 Å². The van der Waals surface area contributed by atoms with Gasteiger partial charge in [0.25, 0.3) is 5.91 Å². The predicted molar refractivity (Wildman–Crippen MR) is 97.7 cm³/mol. The van der Waals surface area contributed by atoms with Crippen molar-refractivity contribution in [1.29, 1.82) is 0 Å². The number of benzene rings is 2. The van der Waals surface area contributed by atoms with Crippen LogP contribution >= 0.6 is 0 Å². The van der Waals surface area contributed by atoms with Gasteiger partial charge in [0.15, 0.2) is 0 Å². The molecule has 1 atom stereocenters. The van der Waals surface area contributed by atoms with E-state index in [2.05, 4.69) is 0 Å². The van der Waals surface area contributed by atoms with Gasteiger partial charge in [-0.2, -0.15) is 0 Å². The Bertz CT molecular complexity index is 957. The van der Waals surface area contributed by atoms with Gasteiger partial charge in [0.2, 0.25) is 11.6 Å². The standard InChI is InChI=1S/C20H18N2O5/c1-26-14-7-5-6-13(12-14)21-18(24)15-8-3-4-9-16(15)22-17(23)10-11-20(21,22)19(25)27-2/h3-9,12H,10-11H2,1-2H3/t20-/m1/s1. The number of anilines is 2. The second kappa shape index (κ2) is 6.12. The first kappa shape index (κ1) is 17.1. The minimum absolute atomic E-state index is 0.136. The van der Waals surface area contributed by atoms with Crippen LogP contribution in [0.15, 0.2) is 48.5 Å². The Hall–Kier alpha value is -3.35. The minimum atomic E-state index is -1.55. The number of fused-ring (bicyclic) bond motifs is 3. The van der Waals surface area contributed by atoms with E-state index in [0.717, 1.165) is 0 Å². The molecule has 1 saturated heterocycles. The average Bonchev–Trinajstić information content (AvgIpc) is 3.06. The molecule has 4 rings (SSSR count). The van der Waals surface area contributed by atoms with Crippen molar-refractivity contribution < 1.29 is 23.9 Å². The molecule has 138 valence electrons. The smallest absolute Gasteiger partial charge is 0.353 e. The van der Waals surface area contributed by atoms with Gasteiger partial charge in [-0.3, -0.25) is 19.4 Å². The van der Waals surface area contributed by atoms with Gasteiger partial charge in [0.05, 0.1) is 31.2 Å². The molecule has 0 aliphatic carbocycles. The zero-order valence-corrected chi connectivity index (χ0v) is 15.0. The molecule has 0 bridgehead atoms. The third kappa shape index (κ3) is 2.24. The summed E-state index contributed by atoms with van der Waals surface area (Å²) >= 11 is 0. The number of para-hydroxylation sites is 1. The number of hydrogen-bond acceptors (Lipinski definition) is 5. The Morgan fingerprint density at radius 2 is 1.81 bits per heavy atom. The number of hydrogen-bond donors (Lipinski definition) is 0. The molecule has 0 N–H and O–H groups in total. The van der Waals surface area contributed by atoms with Crippen molar-refractivity contribution in [1.82, 2.24) is 0 Å². The molecule has 1 fully saturated rings. The summed E-state index contributed by atoms with van der Waals surface area (Å²) in [6.07, 6.45) is 0.285. The number of ether oxygens (including phenoxy) is 2. The highest BCUT2D eigenvalue weighted by Gasteiger charge is 2.62. The lowest BCUT2D eigenvalue weighted by Gasteiger charge is -2.48. The molecular weight excluding hydrogens is 348 g/mol. The lowest BCUT2D eigenvalue weighted by atomic mass is 9.95. The maximum atomic E-state index is 13.4. The van der Waals surface area contributed by atoms with Crippen molar-refractivity contribution in [2.24, 2.45) is 0 Å². The SMILES string of the molecule is COC(=O)[C@@]12CCC(=O)N1c1ccccc1C(=O)N2c1cccc(OC)c1. The number of nitrogens with zero attached hydrogens (tertiary/aromatic N) is 2. The maximum absolute atomic E-state index is 13.4. The molecule has 0 spiro atoms. The number of carbonyl (C=O) groups is 3. The van der Waals surface area contributed by atoms with E-state index in [4.69, 9.17) is 9.47 Å². The molecule has 2 aromatic rings. The first-order valence-electron chi connectivity index (χ1n) is 8.53. The molecule has 7 heteroatoms. The largest absolute Gasteiger partial charge is 0.497 e. The van der Waals surface area contributed by atoms with E-state index in [0.29, 0.717) is 22.7 Å². The Kier molecular flexibility index (Phi) is 3.87. The van der Waals surface area contributed by atoms with Gasteiger partial charge in [0.1, 0.15) is 5.75 Å². The quantitative estimate of drug-likeness (QED) is 0.780. The van der Waals surface area contributed by atoms with Gasteiger partial charge in [0, 0.05) is 18.9 Å². The third-order valence-electron chi connectivity index (χ3n) is 5.08. The molecule has 2 amide bonds.